The standard InChI is InChI=1S/C45H47N4O5S.CH4/c1-5-46-39-25-31(3)17-19-37(39)48(21-23-53-24-22-50)41(46)27-35-44(52)36(45(35)55-30-43(51)54-34-15-11-8-12-16-34)28-42-47(6-2)40-26-32(4)18-20-38(40)49(42)29-33-13-9-7-10-14-33;/h7-20,25-28,50H,5-6,21-24,29-30H2,1-4H3;1H4/q+1;. The van der Waals surface area contributed by atoms with Crippen molar-refractivity contribution in [1.82, 2.24) is 4.57 Å². The Balaban J connectivity index is 0.00000532. The molecular weight excluding hydrogens is 721 g/mol. The number of imidazole rings is 1. The van der Waals surface area contributed by atoms with Crippen LogP contribution in [0, 0.1) is 13.8 Å². The van der Waals surface area contributed by atoms with Crippen molar-refractivity contribution in [3.8, 4) is 5.75 Å². The van der Waals surface area contributed by atoms with Gasteiger partial charge in [0.15, 0.2) is 16.8 Å². The third-order valence-corrected chi connectivity index (χ3v) is 11.0. The second-order valence-corrected chi connectivity index (χ2v) is 14.6. The van der Waals surface area contributed by atoms with Crippen molar-refractivity contribution >= 4 is 52.0 Å². The van der Waals surface area contributed by atoms with E-state index in [4.69, 9.17) is 9.47 Å². The van der Waals surface area contributed by atoms with Gasteiger partial charge in [0.25, 0.3) is 5.82 Å². The molecule has 0 saturated heterocycles. The van der Waals surface area contributed by atoms with Crippen molar-refractivity contribution in [3.05, 3.63) is 148 Å². The largest absolute Gasteiger partial charge is 0.426 e. The Morgan fingerprint density at radius 2 is 1.55 bits per heavy atom. The Labute approximate surface area is 334 Å². The summed E-state index contributed by atoms with van der Waals surface area (Å²) in [5.41, 5.74) is 8.83. The monoisotopic (exact) mass is 771 g/mol. The summed E-state index contributed by atoms with van der Waals surface area (Å²) in [4.78, 5) is 32.9. The topological polar surface area (TPSA) is 88.1 Å². The zero-order valence-corrected chi connectivity index (χ0v) is 32.6. The van der Waals surface area contributed by atoms with E-state index in [9.17, 15) is 14.7 Å². The highest BCUT2D eigenvalue weighted by molar-refractivity contribution is 8.04. The Morgan fingerprint density at radius 1 is 0.839 bits per heavy atom. The van der Waals surface area contributed by atoms with Crippen LogP contribution in [0.3, 0.4) is 0 Å². The number of aryl methyl sites for hydroxylation is 3. The van der Waals surface area contributed by atoms with Gasteiger partial charge in [-0.05, 0) is 86.9 Å². The van der Waals surface area contributed by atoms with Gasteiger partial charge in [-0.1, -0.05) is 68.1 Å². The van der Waals surface area contributed by atoms with Gasteiger partial charge in [0.1, 0.15) is 18.1 Å². The van der Waals surface area contributed by atoms with Crippen molar-refractivity contribution in [1.29, 1.82) is 0 Å². The predicted octanol–water partition coefficient (Wildman–Crippen LogP) is 8.01. The summed E-state index contributed by atoms with van der Waals surface area (Å²) in [7, 11) is 0. The van der Waals surface area contributed by atoms with Gasteiger partial charge in [0.2, 0.25) is 0 Å². The minimum absolute atomic E-state index is 0. The van der Waals surface area contributed by atoms with E-state index in [0.29, 0.717) is 49.7 Å². The molecule has 1 N–H and O–H groups in total. The summed E-state index contributed by atoms with van der Waals surface area (Å²) >= 11 is 1.33. The van der Waals surface area contributed by atoms with E-state index in [1.807, 2.05) is 48.6 Å². The number of anilines is 2. The van der Waals surface area contributed by atoms with E-state index >= 15 is 0 Å². The van der Waals surface area contributed by atoms with E-state index in [0.717, 1.165) is 55.6 Å². The Kier molecular flexibility index (Phi) is 13.0. The zero-order chi connectivity index (χ0) is 38.5. The van der Waals surface area contributed by atoms with Gasteiger partial charge in [0.05, 0.1) is 43.5 Å². The number of allylic oxidation sites excluding steroid dienone is 3. The second kappa shape index (κ2) is 18.0. The van der Waals surface area contributed by atoms with Crippen molar-refractivity contribution in [2.24, 2.45) is 0 Å². The third-order valence-electron chi connectivity index (χ3n) is 9.88. The van der Waals surface area contributed by atoms with Crippen LogP contribution in [0.5, 0.6) is 5.75 Å². The van der Waals surface area contributed by atoms with Crippen LogP contribution in [0.15, 0.2) is 125 Å². The van der Waals surface area contributed by atoms with E-state index in [1.54, 1.807) is 12.1 Å². The van der Waals surface area contributed by atoms with Gasteiger partial charge in [0, 0.05) is 35.2 Å². The smallest absolute Gasteiger partial charge is 0.321 e. The summed E-state index contributed by atoms with van der Waals surface area (Å²) in [6.07, 6.45) is 3.97. The van der Waals surface area contributed by atoms with Gasteiger partial charge >= 0.3 is 5.97 Å². The number of aliphatic hydroxyl groups excluding tert-OH is 1. The number of ketones is 1. The zero-order valence-electron chi connectivity index (χ0n) is 31.8. The number of Topliss-reactive ketones (excluding diaryl/α,β-unsaturated/α-hetero) is 1. The number of para-hydroxylation sites is 1. The third kappa shape index (κ3) is 8.23. The first-order valence-electron chi connectivity index (χ1n) is 18.8. The molecule has 0 spiro atoms. The van der Waals surface area contributed by atoms with Crippen LogP contribution in [0.1, 0.15) is 43.8 Å². The van der Waals surface area contributed by atoms with E-state index in [2.05, 4.69) is 95.2 Å². The molecule has 290 valence electrons. The molecule has 0 radical (unpaired) electrons. The number of aromatic nitrogens is 2. The number of hydrogen-bond donors (Lipinski definition) is 1. The summed E-state index contributed by atoms with van der Waals surface area (Å²) in [6, 6.07) is 32.2. The summed E-state index contributed by atoms with van der Waals surface area (Å²) in [5, 5.41) is 9.33. The molecule has 0 amide bonds. The van der Waals surface area contributed by atoms with Gasteiger partial charge in [-0.2, -0.15) is 0 Å². The van der Waals surface area contributed by atoms with Gasteiger partial charge in [-0.25, -0.2) is 9.13 Å². The van der Waals surface area contributed by atoms with E-state index < -0.39 is 5.97 Å². The lowest BCUT2D eigenvalue weighted by molar-refractivity contribution is -0.665. The molecule has 56 heavy (non-hydrogen) atoms. The molecule has 1 aromatic heterocycles. The summed E-state index contributed by atoms with van der Waals surface area (Å²) < 4.78 is 15.9. The number of hydrogen-bond acceptors (Lipinski definition) is 8. The Morgan fingerprint density at radius 3 is 2.27 bits per heavy atom. The minimum atomic E-state index is -0.395. The van der Waals surface area contributed by atoms with Gasteiger partial charge in [-0.15, -0.1) is 11.8 Å². The fourth-order valence-electron chi connectivity index (χ4n) is 7.30. The van der Waals surface area contributed by atoms with Gasteiger partial charge in [-0.3, -0.25) is 9.59 Å². The number of benzene rings is 4. The molecule has 2 heterocycles. The van der Waals surface area contributed by atoms with Crippen molar-refractivity contribution in [2.75, 3.05) is 48.5 Å². The quantitative estimate of drug-likeness (QED) is 0.0377. The highest BCUT2D eigenvalue weighted by atomic mass is 32.2. The van der Waals surface area contributed by atoms with Crippen LogP contribution >= 0.6 is 11.8 Å². The maximum Gasteiger partial charge on any atom is 0.321 e. The number of thioether (sulfide) groups is 1. The molecule has 1 aliphatic heterocycles. The average Bonchev–Trinajstić information content (AvgIpc) is 3.64. The van der Waals surface area contributed by atoms with Crippen LogP contribution < -0.4 is 19.1 Å². The first-order valence-corrected chi connectivity index (χ1v) is 19.8. The fraction of sp³-hybridized carbons (Fsp3) is 0.283. The molecule has 0 unspecified atom stereocenters. The average molecular weight is 772 g/mol. The van der Waals surface area contributed by atoms with Crippen molar-refractivity contribution in [2.45, 2.75) is 48.2 Å². The summed E-state index contributed by atoms with van der Waals surface area (Å²) in [5.74, 6) is 1.80. The Bertz CT molecular complexity index is 2310. The first-order chi connectivity index (χ1) is 26.8. The molecule has 7 rings (SSSR count). The second-order valence-electron chi connectivity index (χ2n) is 13.6. The number of nitrogens with zero attached hydrogens (tertiary/aromatic N) is 4. The number of fused-ring (bicyclic) bond motifs is 2. The number of carbonyl (C=O) groups is 2. The van der Waals surface area contributed by atoms with Crippen LogP contribution in [-0.2, 0) is 27.4 Å². The predicted molar refractivity (Wildman–Crippen MR) is 227 cm³/mol. The van der Waals surface area contributed by atoms with E-state index in [-0.39, 0.29) is 32.2 Å². The lowest BCUT2D eigenvalue weighted by Crippen LogP contribution is -2.38. The molecule has 0 bridgehead atoms. The Hall–Kier alpha value is -5.42. The molecule has 2 aliphatic rings. The molecule has 10 heteroatoms. The van der Waals surface area contributed by atoms with Crippen LogP contribution in [0.2, 0.25) is 0 Å². The lowest BCUT2D eigenvalue weighted by Gasteiger charge is -2.28. The molecule has 9 nitrogen and oxygen atoms in total. The molecule has 5 aromatic rings. The molecule has 0 saturated carbocycles. The molecule has 0 fully saturated rings. The molecular formula is C46H51N4O5S+. The number of rotatable bonds is 15. The SMILES string of the molecule is C.CCN1/C(=C/C2=C(SCC(=O)Oc3ccccc3)C(=C\c3n(CC)c4cc(C)ccc4[n+]3Cc3ccccc3)/C2=O)N(CCOCCO)c2ccc(C)cc21. The van der Waals surface area contributed by atoms with E-state index in [1.165, 1.54) is 11.8 Å². The maximum absolute atomic E-state index is 14.6. The highest BCUT2D eigenvalue weighted by Gasteiger charge is 2.38. The number of esters is 1. The first kappa shape index (κ1) is 40.2. The van der Waals surface area contributed by atoms with Gasteiger partial charge < -0.3 is 24.4 Å². The molecule has 4 aromatic carbocycles. The number of carbonyl (C=O) groups excluding carboxylic acids is 2. The van der Waals surface area contributed by atoms with Crippen molar-refractivity contribution < 1.29 is 28.7 Å². The highest BCUT2D eigenvalue weighted by Crippen LogP contribution is 2.46. The van der Waals surface area contributed by atoms with Crippen molar-refractivity contribution in [3.63, 3.8) is 0 Å². The molecule has 1 aliphatic carbocycles. The minimum Gasteiger partial charge on any atom is -0.426 e. The normalized spacial score (nSPS) is 15.1. The summed E-state index contributed by atoms with van der Waals surface area (Å²) in [6.45, 7) is 11.5. The number of aliphatic hydroxyl groups is 1. The molecule has 0 atom stereocenters. The maximum atomic E-state index is 14.6. The lowest BCUT2D eigenvalue weighted by atomic mass is 9.89. The van der Waals surface area contributed by atoms with Crippen LogP contribution in [-0.4, -0.2) is 60.1 Å². The van der Waals surface area contributed by atoms with Crippen LogP contribution in [0.4, 0.5) is 11.4 Å². The van der Waals surface area contributed by atoms with Crippen LogP contribution in [0.25, 0.3) is 17.1 Å². The fourth-order valence-corrected chi connectivity index (χ4v) is 8.23. The number of ether oxygens (including phenoxy) is 2.